The van der Waals surface area contributed by atoms with Crippen molar-refractivity contribution in [1.29, 1.82) is 0 Å². The summed E-state index contributed by atoms with van der Waals surface area (Å²) in [5, 5.41) is 16.2. The first-order valence-electron chi connectivity index (χ1n) is 18.1. The van der Waals surface area contributed by atoms with Gasteiger partial charge in [0.15, 0.2) is 8.32 Å². The van der Waals surface area contributed by atoms with Gasteiger partial charge in [0.25, 0.3) is 0 Å². The fourth-order valence-electron chi connectivity index (χ4n) is 8.27. The van der Waals surface area contributed by atoms with Gasteiger partial charge in [0.05, 0.1) is 23.8 Å². The first kappa shape index (κ1) is 38.7. The number of fused-ring (bicyclic) bond motifs is 2. The zero-order valence-corrected chi connectivity index (χ0v) is 33.9. The van der Waals surface area contributed by atoms with Crippen LogP contribution in [0, 0.1) is 11.2 Å². The second kappa shape index (κ2) is 14.3. The van der Waals surface area contributed by atoms with Crippen LogP contribution in [0.3, 0.4) is 0 Å². The minimum Gasteiger partial charge on any atom is -0.415 e. The molecule has 0 saturated carbocycles. The molecule has 1 unspecified atom stereocenters. The molecule has 1 spiro atoms. The SMILES string of the molecule is CC(C)(C)C[C@H]1N(C(c2ccccc2)[C@H](O)c2ccccc2)[C@@H](CO[Si](C)(C)C(C)(C)C)[C@H](c2cccc(Cl)c2F)[C@@]12C(=O)Nc1cc(Cl)ccc12. The van der Waals surface area contributed by atoms with E-state index in [1.165, 1.54) is 0 Å². The van der Waals surface area contributed by atoms with E-state index in [2.05, 4.69) is 64.9 Å². The molecule has 0 aliphatic carbocycles. The summed E-state index contributed by atoms with van der Waals surface area (Å²) in [6, 6.07) is 28.4. The van der Waals surface area contributed by atoms with Crippen LogP contribution in [0.5, 0.6) is 0 Å². The Kier molecular flexibility index (Phi) is 10.6. The van der Waals surface area contributed by atoms with Gasteiger partial charge >= 0.3 is 0 Å². The molecular formula is C43H51Cl2FN2O3Si. The van der Waals surface area contributed by atoms with Crippen LogP contribution < -0.4 is 5.32 Å². The maximum atomic E-state index is 16.8. The Balaban J connectivity index is 1.73. The van der Waals surface area contributed by atoms with Gasteiger partial charge in [-0.15, -0.1) is 0 Å². The van der Waals surface area contributed by atoms with E-state index in [4.69, 9.17) is 27.6 Å². The molecule has 5 nitrogen and oxygen atoms in total. The third-order valence-electron chi connectivity index (χ3n) is 11.6. The number of aliphatic hydroxyl groups excluding tert-OH is 1. The van der Waals surface area contributed by atoms with Crippen molar-refractivity contribution in [3.05, 3.63) is 135 Å². The number of likely N-dealkylation sites (tertiary alicyclic amines) is 1. The minimum atomic E-state index is -2.41. The Morgan fingerprint density at radius 3 is 2.12 bits per heavy atom. The quantitative estimate of drug-likeness (QED) is 0.167. The number of nitrogens with zero attached hydrogens (tertiary/aromatic N) is 1. The van der Waals surface area contributed by atoms with Gasteiger partial charge in [-0.2, -0.15) is 0 Å². The van der Waals surface area contributed by atoms with Crippen molar-refractivity contribution in [1.82, 2.24) is 4.90 Å². The van der Waals surface area contributed by atoms with E-state index in [0.29, 0.717) is 22.7 Å². The Morgan fingerprint density at radius 1 is 0.904 bits per heavy atom. The van der Waals surface area contributed by atoms with Crippen molar-refractivity contribution in [2.24, 2.45) is 5.41 Å². The van der Waals surface area contributed by atoms with Crippen molar-refractivity contribution in [2.75, 3.05) is 11.9 Å². The minimum absolute atomic E-state index is 0.0128. The molecule has 2 heterocycles. The van der Waals surface area contributed by atoms with Gasteiger partial charge in [0, 0.05) is 28.7 Å². The third kappa shape index (κ3) is 6.89. The monoisotopic (exact) mass is 760 g/mol. The molecular weight excluding hydrogens is 710 g/mol. The average molecular weight is 762 g/mol. The molecule has 1 amide bonds. The fraction of sp³-hybridized carbons (Fsp3) is 0.419. The van der Waals surface area contributed by atoms with E-state index in [1.807, 2.05) is 66.7 Å². The van der Waals surface area contributed by atoms with E-state index >= 15 is 9.18 Å². The Labute approximate surface area is 319 Å². The predicted octanol–water partition coefficient (Wildman–Crippen LogP) is 11.1. The number of hydrogen-bond acceptors (Lipinski definition) is 4. The normalized spacial score (nSPS) is 23.5. The van der Waals surface area contributed by atoms with Crippen LogP contribution in [0.4, 0.5) is 10.1 Å². The highest BCUT2D eigenvalue weighted by Crippen LogP contribution is 2.63. The fourth-order valence-corrected chi connectivity index (χ4v) is 9.64. The van der Waals surface area contributed by atoms with Crippen molar-refractivity contribution >= 4 is 43.1 Å². The highest BCUT2D eigenvalue weighted by atomic mass is 35.5. The topological polar surface area (TPSA) is 61.8 Å². The molecule has 0 aromatic heterocycles. The van der Waals surface area contributed by atoms with Crippen LogP contribution in [0.25, 0.3) is 0 Å². The molecule has 0 radical (unpaired) electrons. The van der Waals surface area contributed by atoms with Gasteiger partial charge in [-0.05, 0) is 70.4 Å². The van der Waals surface area contributed by atoms with E-state index in [-0.39, 0.29) is 28.0 Å². The second-order valence-corrected chi connectivity index (χ2v) is 22.9. The molecule has 276 valence electrons. The first-order valence-corrected chi connectivity index (χ1v) is 21.8. The van der Waals surface area contributed by atoms with Crippen LogP contribution in [0.1, 0.15) is 88.3 Å². The lowest BCUT2D eigenvalue weighted by atomic mass is 9.62. The molecule has 1 saturated heterocycles. The highest BCUT2D eigenvalue weighted by molar-refractivity contribution is 6.74. The number of carbonyl (C=O) groups is 1. The molecule has 6 rings (SSSR count). The number of aliphatic hydroxyl groups is 1. The van der Waals surface area contributed by atoms with Gasteiger partial charge in [-0.1, -0.05) is 144 Å². The molecule has 1 fully saturated rings. The van der Waals surface area contributed by atoms with Gasteiger partial charge in [0.2, 0.25) is 5.91 Å². The summed E-state index contributed by atoms with van der Waals surface area (Å²) < 4.78 is 24.0. The Hall–Kier alpha value is -3.04. The number of amides is 1. The summed E-state index contributed by atoms with van der Waals surface area (Å²) in [7, 11) is -2.41. The molecule has 4 aromatic carbocycles. The largest absolute Gasteiger partial charge is 0.415 e. The average Bonchev–Trinajstić information content (AvgIpc) is 3.51. The maximum Gasteiger partial charge on any atom is 0.237 e. The molecule has 2 aliphatic rings. The number of anilines is 1. The van der Waals surface area contributed by atoms with Crippen LogP contribution >= 0.6 is 23.2 Å². The Morgan fingerprint density at radius 2 is 1.52 bits per heavy atom. The molecule has 6 atom stereocenters. The summed E-state index contributed by atoms with van der Waals surface area (Å²) in [5.41, 5.74) is 1.71. The van der Waals surface area contributed by atoms with E-state index < -0.39 is 49.7 Å². The van der Waals surface area contributed by atoms with Gasteiger partial charge < -0.3 is 14.8 Å². The first-order chi connectivity index (χ1) is 24.4. The Bertz CT molecular complexity index is 1910. The standard InChI is InChI=1S/C43H51Cl2FN2O3Si/c1-41(2,3)25-35-43(31-23-22-29(44)24-33(31)47-40(43)50)36(30-20-15-21-32(45)37(30)46)34(26-51-52(7,8)42(4,5)6)48(35)38(27-16-11-9-12-17-27)39(49)28-18-13-10-14-19-28/h9-24,34-36,38-39,49H,25-26H2,1-8H3,(H,47,50)/t34-,35+,36-,38?,39+,43-/m0/s1. The summed E-state index contributed by atoms with van der Waals surface area (Å²) in [5.74, 6) is -1.55. The van der Waals surface area contributed by atoms with Gasteiger partial charge in [-0.3, -0.25) is 9.69 Å². The van der Waals surface area contributed by atoms with Crippen molar-refractivity contribution in [3.63, 3.8) is 0 Å². The van der Waals surface area contributed by atoms with Crippen LogP contribution in [-0.4, -0.2) is 42.9 Å². The lowest BCUT2D eigenvalue weighted by molar-refractivity contribution is -0.123. The second-order valence-electron chi connectivity index (χ2n) is 17.2. The summed E-state index contributed by atoms with van der Waals surface area (Å²) in [6.07, 6.45) is -0.460. The zero-order chi connectivity index (χ0) is 37.8. The summed E-state index contributed by atoms with van der Waals surface area (Å²) in [6.45, 7) is 17.7. The van der Waals surface area contributed by atoms with Gasteiger partial charge in [-0.25, -0.2) is 4.39 Å². The van der Waals surface area contributed by atoms with E-state index in [9.17, 15) is 5.11 Å². The lowest BCUT2D eigenvalue weighted by Crippen LogP contribution is -2.52. The van der Waals surface area contributed by atoms with Crippen LogP contribution in [-0.2, 0) is 14.6 Å². The number of benzene rings is 4. The van der Waals surface area contributed by atoms with E-state index in [1.54, 1.807) is 30.3 Å². The number of carbonyl (C=O) groups excluding carboxylic acids is 1. The van der Waals surface area contributed by atoms with Crippen LogP contribution in [0.2, 0.25) is 28.2 Å². The van der Waals surface area contributed by atoms with Crippen molar-refractivity contribution < 1.29 is 18.7 Å². The maximum absolute atomic E-state index is 16.8. The number of rotatable bonds is 9. The van der Waals surface area contributed by atoms with Crippen molar-refractivity contribution in [3.8, 4) is 0 Å². The molecule has 2 N–H and O–H groups in total. The van der Waals surface area contributed by atoms with Gasteiger partial charge in [0.1, 0.15) is 11.2 Å². The highest BCUT2D eigenvalue weighted by Gasteiger charge is 2.69. The van der Waals surface area contributed by atoms with Crippen molar-refractivity contribution in [2.45, 2.75) is 102 Å². The molecule has 2 aliphatic heterocycles. The molecule has 9 heteroatoms. The third-order valence-corrected chi connectivity index (χ3v) is 16.7. The molecule has 4 aromatic rings. The van der Waals surface area contributed by atoms with Crippen LogP contribution in [0.15, 0.2) is 97.1 Å². The summed E-state index contributed by atoms with van der Waals surface area (Å²) in [4.78, 5) is 17.6. The smallest absolute Gasteiger partial charge is 0.237 e. The number of halogens is 3. The molecule has 0 bridgehead atoms. The zero-order valence-electron chi connectivity index (χ0n) is 31.4. The summed E-state index contributed by atoms with van der Waals surface area (Å²) >= 11 is 13.2. The number of hydrogen-bond donors (Lipinski definition) is 2. The van der Waals surface area contributed by atoms with E-state index in [0.717, 1.165) is 16.7 Å². The number of nitrogens with one attached hydrogen (secondary N) is 1. The lowest BCUT2D eigenvalue weighted by Gasteiger charge is -2.45. The molecule has 52 heavy (non-hydrogen) atoms. The predicted molar refractivity (Wildman–Crippen MR) is 213 cm³/mol.